The Morgan fingerprint density at radius 2 is 1.76 bits per heavy atom. The zero-order valence-corrected chi connectivity index (χ0v) is 13.8. The van der Waals surface area contributed by atoms with Crippen LogP contribution in [0.4, 0.5) is 0 Å². The molecule has 126 valence electrons. The van der Waals surface area contributed by atoms with Gasteiger partial charge in [0.25, 0.3) is 0 Å². The first-order valence-electron chi connectivity index (χ1n) is 7.90. The minimum Gasteiger partial charge on any atom is -0.489 e. The van der Waals surface area contributed by atoms with E-state index in [0.29, 0.717) is 18.1 Å². The molecule has 0 unspecified atom stereocenters. The van der Waals surface area contributed by atoms with E-state index in [4.69, 9.17) is 14.3 Å². The second-order valence-electron chi connectivity index (χ2n) is 5.60. The Hall–Kier alpha value is -3.27. The predicted octanol–water partition coefficient (Wildman–Crippen LogP) is 4.93. The number of benzene rings is 2. The number of aryl methyl sites for hydroxylation is 1. The van der Waals surface area contributed by atoms with Crippen LogP contribution in [-0.4, -0.2) is 11.1 Å². The average Bonchev–Trinajstić information content (AvgIpc) is 2.99. The first-order chi connectivity index (χ1) is 12.1. The van der Waals surface area contributed by atoms with Crippen molar-refractivity contribution < 1.29 is 19.1 Å². The van der Waals surface area contributed by atoms with Crippen LogP contribution in [0, 0.1) is 6.92 Å². The summed E-state index contributed by atoms with van der Waals surface area (Å²) in [6.45, 7) is 2.12. The monoisotopic (exact) mass is 334 g/mol. The van der Waals surface area contributed by atoms with E-state index in [9.17, 15) is 4.79 Å². The Labute approximate surface area is 146 Å². The second-order valence-corrected chi connectivity index (χ2v) is 5.60. The highest BCUT2D eigenvalue weighted by molar-refractivity contribution is 5.85. The summed E-state index contributed by atoms with van der Waals surface area (Å²) in [7, 11) is 0. The number of furan rings is 1. The van der Waals surface area contributed by atoms with Gasteiger partial charge in [-0.25, -0.2) is 4.79 Å². The Morgan fingerprint density at radius 3 is 2.44 bits per heavy atom. The molecule has 2 aromatic carbocycles. The van der Waals surface area contributed by atoms with Crippen molar-refractivity contribution in [3.8, 4) is 16.9 Å². The molecule has 4 nitrogen and oxygen atoms in total. The van der Waals surface area contributed by atoms with Crippen LogP contribution >= 0.6 is 0 Å². The van der Waals surface area contributed by atoms with Crippen LogP contribution in [0.1, 0.15) is 17.1 Å². The summed E-state index contributed by atoms with van der Waals surface area (Å²) < 4.78 is 11.3. The summed E-state index contributed by atoms with van der Waals surface area (Å²) in [4.78, 5) is 10.7. The molecular formula is C21H18O4. The molecule has 0 aliphatic rings. The maximum absolute atomic E-state index is 10.7. The molecular weight excluding hydrogens is 316 g/mol. The molecule has 3 aromatic rings. The van der Waals surface area contributed by atoms with Crippen molar-refractivity contribution in [2.45, 2.75) is 13.5 Å². The lowest BCUT2D eigenvalue weighted by molar-refractivity contribution is -0.131. The van der Waals surface area contributed by atoms with Crippen LogP contribution in [0.25, 0.3) is 17.2 Å². The normalized spacial score (nSPS) is 10.9. The zero-order chi connectivity index (χ0) is 17.6. The molecule has 0 fully saturated rings. The average molecular weight is 334 g/mol. The van der Waals surface area contributed by atoms with Gasteiger partial charge in [0.1, 0.15) is 23.9 Å². The SMILES string of the molecule is Cc1cc(COc2ccc(-c3ccccc3)cc2)c(/C=C/C(=O)O)o1. The summed E-state index contributed by atoms with van der Waals surface area (Å²) in [5.74, 6) is 0.938. The highest BCUT2D eigenvalue weighted by Gasteiger charge is 2.08. The van der Waals surface area contributed by atoms with Crippen molar-refractivity contribution in [2.24, 2.45) is 0 Å². The van der Waals surface area contributed by atoms with E-state index in [1.807, 2.05) is 55.5 Å². The van der Waals surface area contributed by atoms with Crippen molar-refractivity contribution in [1.29, 1.82) is 0 Å². The summed E-state index contributed by atoms with van der Waals surface area (Å²) >= 11 is 0. The molecule has 0 saturated carbocycles. The number of carboxylic acid groups (broad SMARTS) is 1. The van der Waals surface area contributed by atoms with Crippen molar-refractivity contribution in [2.75, 3.05) is 0 Å². The van der Waals surface area contributed by atoms with Gasteiger partial charge in [-0.05, 0) is 42.3 Å². The Balaban J connectivity index is 1.69. The lowest BCUT2D eigenvalue weighted by Gasteiger charge is -2.07. The van der Waals surface area contributed by atoms with Crippen molar-refractivity contribution in [3.63, 3.8) is 0 Å². The molecule has 0 spiro atoms. The maximum Gasteiger partial charge on any atom is 0.328 e. The largest absolute Gasteiger partial charge is 0.489 e. The molecule has 0 aliphatic carbocycles. The minimum absolute atomic E-state index is 0.307. The van der Waals surface area contributed by atoms with Crippen molar-refractivity contribution in [1.82, 2.24) is 0 Å². The lowest BCUT2D eigenvalue weighted by Crippen LogP contribution is -1.96. The fraction of sp³-hybridized carbons (Fsp3) is 0.0952. The highest BCUT2D eigenvalue weighted by atomic mass is 16.5. The van der Waals surface area contributed by atoms with Gasteiger partial charge in [0.2, 0.25) is 0 Å². The van der Waals surface area contributed by atoms with Crippen LogP contribution in [-0.2, 0) is 11.4 Å². The van der Waals surface area contributed by atoms with E-state index < -0.39 is 5.97 Å². The molecule has 1 heterocycles. The van der Waals surface area contributed by atoms with Gasteiger partial charge in [0, 0.05) is 11.6 Å². The van der Waals surface area contributed by atoms with E-state index in [1.165, 1.54) is 6.08 Å². The third-order valence-corrected chi connectivity index (χ3v) is 3.70. The van der Waals surface area contributed by atoms with E-state index in [0.717, 1.165) is 28.5 Å². The standard InChI is InChI=1S/C21H18O4/c1-15-13-18(20(25-15)11-12-21(22)23)14-24-19-9-7-17(8-10-19)16-5-3-2-4-6-16/h2-13H,14H2,1H3,(H,22,23)/b12-11+. The van der Waals surface area contributed by atoms with Gasteiger partial charge in [0.05, 0.1) is 0 Å². The number of aliphatic carboxylic acids is 1. The topological polar surface area (TPSA) is 59.7 Å². The van der Waals surface area contributed by atoms with Gasteiger partial charge >= 0.3 is 5.97 Å². The van der Waals surface area contributed by atoms with Gasteiger partial charge in [-0.15, -0.1) is 0 Å². The van der Waals surface area contributed by atoms with Crippen LogP contribution in [0.2, 0.25) is 0 Å². The number of hydrogen-bond acceptors (Lipinski definition) is 3. The first-order valence-corrected chi connectivity index (χ1v) is 7.90. The molecule has 0 aliphatic heterocycles. The van der Waals surface area contributed by atoms with E-state index >= 15 is 0 Å². The number of carboxylic acids is 1. The minimum atomic E-state index is -1.02. The Kier molecular flexibility index (Phi) is 5.00. The summed E-state index contributed by atoms with van der Waals surface area (Å²) in [5.41, 5.74) is 3.08. The second kappa shape index (κ2) is 7.53. The van der Waals surface area contributed by atoms with Gasteiger partial charge in [-0.3, -0.25) is 0 Å². The highest BCUT2D eigenvalue weighted by Crippen LogP contribution is 2.24. The summed E-state index contributed by atoms with van der Waals surface area (Å²) in [6.07, 6.45) is 2.49. The van der Waals surface area contributed by atoms with Gasteiger partial charge in [0.15, 0.2) is 0 Å². The number of carbonyl (C=O) groups is 1. The number of rotatable bonds is 6. The molecule has 0 atom stereocenters. The van der Waals surface area contributed by atoms with Gasteiger partial charge < -0.3 is 14.3 Å². The van der Waals surface area contributed by atoms with E-state index in [-0.39, 0.29) is 0 Å². The van der Waals surface area contributed by atoms with Crippen LogP contribution in [0.15, 0.2) is 71.2 Å². The van der Waals surface area contributed by atoms with Crippen molar-refractivity contribution in [3.05, 3.63) is 83.8 Å². The molecule has 0 bridgehead atoms. The molecule has 0 radical (unpaired) electrons. The molecule has 0 saturated heterocycles. The summed E-state index contributed by atoms with van der Waals surface area (Å²) in [6, 6.07) is 19.8. The van der Waals surface area contributed by atoms with Crippen LogP contribution < -0.4 is 4.74 Å². The fourth-order valence-corrected chi connectivity index (χ4v) is 2.52. The quantitative estimate of drug-likeness (QED) is 0.649. The van der Waals surface area contributed by atoms with Crippen LogP contribution in [0.3, 0.4) is 0 Å². The maximum atomic E-state index is 10.7. The molecule has 1 N–H and O–H groups in total. The van der Waals surface area contributed by atoms with E-state index in [2.05, 4.69) is 12.1 Å². The molecule has 0 amide bonds. The zero-order valence-electron chi connectivity index (χ0n) is 13.8. The smallest absolute Gasteiger partial charge is 0.328 e. The fourth-order valence-electron chi connectivity index (χ4n) is 2.52. The third kappa shape index (κ3) is 4.38. The molecule has 3 rings (SSSR count). The molecule has 25 heavy (non-hydrogen) atoms. The molecule has 1 aromatic heterocycles. The van der Waals surface area contributed by atoms with Gasteiger partial charge in [-0.1, -0.05) is 42.5 Å². The Morgan fingerprint density at radius 1 is 1.08 bits per heavy atom. The number of ether oxygens (including phenoxy) is 1. The van der Waals surface area contributed by atoms with Crippen molar-refractivity contribution >= 4 is 12.0 Å². The summed E-state index contributed by atoms with van der Waals surface area (Å²) in [5, 5.41) is 8.74. The first kappa shape index (κ1) is 16.6. The Bertz CT molecular complexity index is 874. The lowest BCUT2D eigenvalue weighted by atomic mass is 10.1. The van der Waals surface area contributed by atoms with Crippen LogP contribution in [0.5, 0.6) is 5.75 Å². The predicted molar refractivity (Wildman–Crippen MR) is 96.3 cm³/mol. The molecule has 4 heteroatoms. The van der Waals surface area contributed by atoms with Gasteiger partial charge in [-0.2, -0.15) is 0 Å². The van der Waals surface area contributed by atoms with E-state index in [1.54, 1.807) is 0 Å². The number of hydrogen-bond donors (Lipinski definition) is 1. The third-order valence-electron chi connectivity index (χ3n) is 3.70.